The van der Waals surface area contributed by atoms with Gasteiger partial charge >= 0.3 is 5.97 Å². The molecular weight excluding hydrogens is 272 g/mol. The second-order valence-electron chi connectivity index (χ2n) is 6.62. The minimum Gasteiger partial charge on any atom is -0.461 e. The number of esters is 1. The van der Waals surface area contributed by atoms with Gasteiger partial charge in [0, 0.05) is 18.3 Å². The third kappa shape index (κ3) is 1.30. The molecule has 5 heteroatoms. The maximum Gasteiger partial charge on any atom is 0.338 e. The molecule has 3 saturated carbocycles. The highest BCUT2D eigenvalue weighted by atomic mass is 16.8. The molecule has 5 nitrogen and oxygen atoms in total. The smallest absolute Gasteiger partial charge is 0.338 e. The van der Waals surface area contributed by atoms with E-state index in [0.717, 1.165) is 6.42 Å². The highest BCUT2D eigenvalue weighted by Crippen LogP contribution is 2.75. The Morgan fingerprint density at radius 3 is 2.95 bits per heavy atom. The molecule has 3 aliphatic heterocycles. The fraction of sp³-hybridized carbons (Fsp3) is 0.562. The van der Waals surface area contributed by atoms with Crippen molar-refractivity contribution in [3.63, 3.8) is 0 Å². The molecular formula is C16H16O5. The molecule has 6 atom stereocenters. The second kappa shape index (κ2) is 3.66. The summed E-state index contributed by atoms with van der Waals surface area (Å²) < 4.78 is 17.0. The molecule has 0 aromatic heterocycles. The highest BCUT2D eigenvalue weighted by Gasteiger charge is 2.83. The van der Waals surface area contributed by atoms with E-state index in [1.54, 1.807) is 12.1 Å². The first-order chi connectivity index (χ1) is 10.1. The number of hydrogen-bond acceptors (Lipinski definition) is 5. The van der Waals surface area contributed by atoms with Crippen molar-refractivity contribution in [1.29, 1.82) is 0 Å². The topological polar surface area (TPSA) is 65.0 Å². The Morgan fingerprint density at radius 2 is 2.19 bits per heavy atom. The van der Waals surface area contributed by atoms with Crippen molar-refractivity contribution >= 4 is 5.97 Å². The van der Waals surface area contributed by atoms with Crippen LogP contribution in [0.5, 0.6) is 0 Å². The molecule has 6 bridgehead atoms. The van der Waals surface area contributed by atoms with Gasteiger partial charge in [-0.3, -0.25) is 0 Å². The fourth-order valence-corrected chi connectivity index (χ4v) is 4.81. The standard InChI is InChI=1S/C16H16O5/c17-13(9-4-2-1-3-5-9)19-8-15-10-6-12(15)16(18)7-11(10)20-14(15)21-16/h1-5,10-12,14,18H,6-8H2/t10-,11?,12?,14?,15-,16-/m1/s1. The van der Waals surface area contributed by atoms with Crippen LogP contribution in [0.3, 0.4) is 0 Å². The summed E-state index contributed by atoms with van der Waals surface area (Å²) in [6.07, 6.45) is 1.08. The van der Waals surface area contributed by atoms with E-state index in [0.29, 0.717) is 17.9 Å². The van der Waals surface area contributed by atoms with E-state index in [1.165, 1.54) is 0 Å². The lowest BCUT2D eigenvalue weighted by Gasteiger charge is -2.56. The van der Waals surface area contributed by atoms with Crippen LogP contribution in [0.15, 0.2) is 30.3 Å². The molecule has 3 heterocycles. The van der Waals surface area contributed by atoms with Crippen molar-refractivity contribution in [3.05, 3.63) is 35.9 Å². The monoisotopic (exact) mass is 288 g/mol. The van der Waals surface area contributed by atoms with Crippen molar-refractivity contribution in [1.82, 2.24) is 0 Å². The lowest BCUT2D eigenvalue weighted by molar-refractivity contribution is -0.330. The molecule has 3 unspecified atom stereocenters. The number of carbonyl (C=O) groups is 1. The molecule has 1 N–H and O–H groups in total. The molecule has 3 saturated heterocycles. The molecule has 21 heavy (non-hydrogen) atoms. The van der Waals surface area contributed by atoms with Crippen LogP contribution in [0.25, 0.3) is 0 Å². The zero-order valence-corrected chi connectivity index (χ0v) is 11.4. The molecule has 0 spiro atoms. The van der Waals surface area contributed by atoms with Crippen molar-refractivity contribution in [3.8, 4) is 0 Å². The average Bonchev–Trinajstić information content (AvgIpc) is 2.68. The van der Waals surface area contributed by atoms with E-state index >= 15 is 0 Å². The second-order valence-corrected chi connectivity index (χ2v) is 6.62. The van der Waals surface area contributed by atoms with Crippen LogP contribution in [0.1, 0.15) is 23.2 Å². The SMILES string of the molecule is O=C(OC[C@]12C3OC4C[C@@](O)(O3)C1C[C@H]42)c1ccccc1. The summed E-state index contributed by atoms with van der Waals surface area (Å²) in [5.41, 5.74) is 0.211. The van der Waals surface area contributed by atoms with E-state index in [4.69, 9.17) is 14.2 Å². The molecule has 6 aliphatic rings. The van der Waals surface area contributed by atoms with Crippen LogP contribution in [-0.4, -0.2) is 35.9 Å². The Bertz CT molecular complexity index is 616. The quantitative estimate of drug-likeness (QED) is 0.850. The van der Waals surface area contributed by atoms with Crippen LogP contribution < -0.4 is 0 Å². The van der Waals surface area contributed by atoms with Crippen LogP contribution in [0.4, 0.5) is 0 Å². The fourth-order valence-electron chi connectivity index (χ4n) is 4.81. The molecule has 7 rings (SSSR count). The molecule has 0 amide bonds. The minimum atomic E-state index is -1.07. The van der Waals surface area contributed by atoms with Gasteiger partial charge in [0.15, 0.2) is 12.1 Å². The Hall–Kier alpha value is -1.43. The minimum absolute atomic E-state index is 0.0299. The first kappa shape index (κ1) is 12.1. The predicted octanol–water partition coefficient (Wildman–Crippen LogP) is 1.31. The summed E-state index contributed by atoms with van der Waals surface area (Å²) in [5, 5.41) is 10.5. The Labute approximate surface area is 121 Å². The van der Waals surface area contributed by atoms with Crippen LogP contribution in [-0.2, 0) is 14.2 Å². The van der Waals surface area contributed by atoms with Gasteiger partial charge in [0.25, 0.3) is 0 Å². The van der Waals surface area contributed by atoms with Crippen molar-refractivity contribution < 1.29 is 24.1 Å². The van der Waals surface area contributed by atoms with Gasteiger partial charge in [-0.25, -0.2) is 4.79 Å². The van der Waals surface area contributed by atoms with Gasteiger partial charge in [0.05, 0.1) is 17.1 Å². The third-order valence-electron chi connectivity index (χ3n) is 5.83. The highest BCUT2D eigenvalue weighted by molar-refractivity contribution is 5.89. The predicted molar refractivity (Wildman–Crippen MR) is 70.1 cm³/mol. The molecule has 3 aliphatic carbocycles. The van der Waals surface area contributed by atoms with E-state index in [1.807, 2.05) is 18.2 Å². The van der Waals surface area contributed by atoms with E-state index in [2.05, 4.69) is 0 Å². The summed E-state index contributed by atoms with van der Waals surface area (Å²) in [4.78, 5) is 12.1. The summed E-state index contributed by atoms with van der Waals surface area (Å²) in [6.45, 7) is 0.263. The van der Waals surface area contributed by atoms with Gasteiger partial charge in [0.1, 0.15) is 6.61 Å². The summed E-state index contributed by atoms with van der Waals surface area (Å²) in [5.74, 6) is -1.02. The van der Waals surface area contributed by atoms with Gasteiger partial charge in [-0.2, -0.15) is 0 Å². The molecule has 1 aromatic carbocycles. The lowest BCUT2D eigenvalue weighted by atomic mass is 9.47. The molecule has 110 valence electrons. The third-order valence-corrected chi connectivity index (χ3v) is 5.83. The summed E-state index contributed by atoms with van der Waals surface area (Å²) in [7, 11) is 0. The van der Waals surface area contributed by atoms with Gasteiger partial charge < -0.3 is 19.3 Å². The van der Waals surface area contributed by atoms with Crippen LogP contribution in [0.2, 0.25) is 0 Å². The first-order valence-electron chi connectivity index (χ1n) is 7.41. The number of rotatable bonds is 3. The number of benzene rings is 1. The van der Waals surface area contributed by atoms with Gasteiger partial charge in [-0.15, -0.1) is 0 Å². The molecule has 0 radical (unpaired) electrons. The first-order valence-corrected chi connectivity index (χ1v) is 7.41. The van der Waals surface area contributed by atoms with E-state index in [9.17, 15) is 9.90 Å². The van der Waals surface area contributed by atoms with E-state index in [-0.39, 0.29) is 30.0 Å². The van der Waals surface area contributed by atoms with Gasteiger partial charge in [-0.1, -0.05) is 18.2 Å². The number of carbonyl (C=O) groups excluding carboxylic acids is 1. The summed E-state index contributed by atoms with van der Waals surface area (Å²) in [6, 6.07) is 8.95. The number of hydrogen-bond donors (Lipinski definition) is 1. The zero-order valence-electron chi connectivity index (χ0n) is 11.4. The van der Waals surface area contributed by atoms with Crippen LogP contribution in [0, 0.1) is 17.3 Å². The van der Waals surface area contributed by atoms with Crippen molar-refractivity contribution in [2.45, 2.75) is 31.0 Å². The normalized spacial score (nSPS) is 48.2. The maximum absolute atomic E-state index is 12.1. The number of aliphatic hydroxyl groups is 1. The van der Waals surface area contributed by atoms with E-state index < -0.39 is 12.1 Å². The Balaban J connectivity index is 1.38. The molecule has 1 aromatic rings. The van der Waals surface area contributed by atoms with Crippen molar-refractivity contribution in [2.75, 3.05) is 6.61 Å². The zero-order chi connectivity index (χ0) is 14.2. The Morgan fingerprint density at radius 1 is 1.38 bits per heavy atom. The van der Waals surface area contributed by atoms with Gasteiger partial charge in [0.2, 0.25) is 0 Å². The number of ether oxygens (including phenoxy) is 3. The van der Waals surface area contributed by atoms with Crippen molar-refractivity contribution in [2.24, 2.45) is 17.3 Å². The molecule has 6 fully saturated rings. The van der Waals surface area contributed by atoms with Crippen LogP contribution >= 0.6 is 0 Å². The summed E-state index contributed by atoms with van der Waals surface area (Å²) >= 11 is 0. The average molecular weight is 288 g/mol. The largest absolute Gasteiger partial charge is 0.461 e. The Kier molecular flexibility index (Phi) is 2.12. The van der Waals surface area contributed by atoms with Gasteiger partial charge in [-0.05, 0) is 18.6 Å². The maximum atomic E-state index is 12.1. The lowest BCUT2D eigenvalue weighted by Crippen LogP contribution is -2.63.